The van der Waals surface area contributed by atoms with Crippen molar-refractivity contribution in [2.75, 3.05) is 6.54 Å². The lowest BCUT2D eigenvalue weighted by Gasteiger charge is -2.39. The average molecular weight is 436 g/mol. The first-order valence-corrected chi connectivity index (χ1v) is 13.8. The first-order valence-electron chi connectivity index (χ1n) is 13.8. The van der Waals surface area contributed by atoms with Gasteiger partial charge in [-0.3, -0.25) is 4.48 Å². The van der Waals surface area contributed by atoms with Crippen LogP contribution >= 0.6 is 0 Å². The molecular formula is C28H55N2O+. The molecule has 182 valence electrons. The lowest BCUT2D eigenvalue weighted by molar-refractivity contribution is -0.942. The van der Waals surface area contributed by atoms with Crippen LogP contribution in [-0.2, 0) is 0 Å². The van der Waals surface area contributed by atoms with Gasteiger partial charge in [-0.2, -0.15) is 0 Å². The smallest absolute Gasteiger partial charge is 0.193 e. The Bertz CT molecular complexity index is 460. The molecule has 0 saturated carbocycles. The van der Waals surface area contributed by atoms with Crippen molar-refractivity contribution in [3.8, 4) is 0 Å². The summed E-state index contributed by atoms with van der Waals surface area (Å²) < 4.78 is 0.646. The molecule has 0 bridgehead atoms. The van der Waals surface area contributed by atoms with Gasteiger partial charge in [0.25, 0.3) is 0 Å². The fourth-order valence-corrected chi connectivity index (χ4v) is 4.96. The van der Waals surface area contributed by atoms with Gasteiger partial charge in [-0.05, 0) is 26.2 Å². The maximum Gasteiger partial charge on any atom is 0.193 e. The first-order chi connectivity index (χ1) is 15.2. The van der Waals surface area contributed by atoms with Gasteiger partial charge in [0.15, 0.2) is 12.4 Å². The number of hydrogen-bond donors (Lipinski definition) is 2. The number of nitrogens with zero attached hydrogens (tertiary/aromatic N) is 1. The van der Waals surface area contributed by atoms with Gasteiger partial charge in [-0.25, -0.2) is 0 Å². The molecule has 0 fully saturated rings. The summed E-state index contributed by atoms with van der Waals surface area (Å²) in [5.74, 6) is 0. The average Bonchev–Trinajstić information content (AvgIpc) is 3.19. The number of aliphatic hydroxyl groups is 1. The quantitative estimate of drug-likeness (QED) is 0.108. The minimum atomic E-state index is -0.356. The summed E-state index contributed by atoms with van der Waals surface area (Å²) in [4.78, 5) is 0. The fraction of sp³-hybridized carbons (Fsp3) is 0.857. The number of hydrogen-bond acceptors (Lipinski definition) is 2. The summed E-state index contributed by atoms with van der Waals surface area (Å²) in [5, 5.41) is 13.6. The Kier molecular flexibility index (Phi) is 17.1. The Balaban J connectivity index is 1.86. The van der Waals surface area contributed by atoms with Gasteiger partial charge in [0, 0.05) is 13.3 Å². The van der Waals surface area contributed by atoms with Gasteiger partial charge in [-0.1, -0.05) is 109 Å². The number of aliphatic hydroxyl groups excluding tert-OH is 1. The van der Waals surface area contributed by atoms with Crippen molar-refractivity contribution in [3.05, 3.63) is 24.6 Å². The molecular weight excluding hydrogens is 380 g/mol. The SMILES string of the molecule is CCCCCCCCCCCCCCCCC/C=C/CCC1NC=C[N+]1(CC)C(C)O. The summed E-state index contributed by atoms with van der Waals surface area (Å²) in [5.41, 5.74) is 0. The summed E-state index contributed by atoms with van der Waals surface area (Å²) in [6.07, 6.45) is 33.6. The van der Waals surface area contributed by atoms with Gasteiger partial charge in [0.2, 0.25) is 0 Å². The zero-order valence-corrected chi connectivity index (χ0v) is 21.3. The predicted molar refractivity (Wildman–Crippen MR) is 136 cm³/mol. The molecule has 3 heteroatoms. The maximum atomic E-state index is 10.2. The Morgan fingerprint density at radius 3 is 1.74 bits per heavy atom. The van der Waals surface area contributed by atoms with E-state index >= 15 is 0 Å². The summed E-state index contributed by atoms with van der Waals surface area (Å²) in [7, 11) is 0. The zero-order valence-electron chi connectivity index (χ0n) is 21.3. The van der Waals surface area contributed by atoms with Crippen molar-refractivity contribution in [2.24, 2.45) is 0 Å². The molecule has 31 heavy (non-hydrogen) atoms. The Morgan fingerprint density at radius 1 is 0.774 bits per heavy atom. The highest BCUT2D eigenvalue weighted by molar-refractivity contribution is 4.88. The summed E-state index contributed by atoms with van der Waals surface area (Å²) in [6.45, 7) is 7.28. The van der Waals surface area contributed by atoms with Crippen molar-refractivity contribution < 1.29 is 9.59 Å². The first kappa shape index (κ1) is 28.2. The van der Waals surface area contributed by atoms with Crippen LogP contribution < -0.4 is 5.32 Å². The third-order valence-electron chi connectivity index (χ3n) is 7.21. The van der Waals surface area contributed by atoms with Crippen LogP contribution in [0.2, 0.25) is 0 Å². The molecule has 1 aliphatic heterocycles. The third kappa shape index (κ3) is 12.1. The van der Waals surface area contributed by atoms with Crippen molar-refractivity contribution in [1.29, 1.82) is 0 Å². The Morgan fingerprint density at radius 2 is 1.26 bits per heavy atom. The summed E-state index contributed by atoms with van der Waals surface area (Å²) >= 11 is 0. The van der Waals surface area contributed by atoms with E-state index in [1.807, 2.05) is 13.1 Å². The van der Waals surface area contributed by atoms with E-state index in [9.17, 15) is 5.11 Å². The van der Waals surface area contributed by atoms with Gasteiger partial charge >= 0.3 is 0 Å². The van der Waals surface area contributed by atoms with E-state index in [1.165, 1.54) is 103 Å². The van der Waals surface area contributed by atoms with Gasteiger partial charge < -0.3 is 10.4 Å². The molecule has 1 rings (SSSR count). The lowest BCUT2D eigenvalue weighted by Crippen LogP contribution is -2.57. The highest BCUT2D eigenvalue weighted by Crippen LogP contribution is 2.25. The van der Waals surface area contributed by atoms with Gasteiger partial charge in [0.05, 0.1) is 12.7 Å². The van der Waals surface area contributed by atoms with Crippen molar-refractivity contribution in [1.82, 2.24) is 5.32 Å². The Labute approximate surface area is 195 Å². The molecule has 0 aromatic rings. The van der Waals surface area contributed by atoms with Crippen molar-refractivity contribution >= 4 is 0 Å². The van der Waals surface area contributed by atoms with Crippen LogP contribution in [-0.4, -0.2) is 28.5 Å². The van der Waals surface area contributed by atoms with E-state index in [2.05, 4.69) is 37.5 Å². The second kappa shape index (κ2) is 18.7. The van der Waals surface area contributed by atoms with Gasteiger partial charge in [-0.15, -0.1) is 0 Å². The van der Waals surface area contributed by atoms with Crippen molar-refractivity contribution in [2.45, 2.75) is 149 Å². The number of nitrogens with one attached hydrogen (secondary N) is 1. The van der Waals surface area contributed by atoms with E-state index in [0.29, 0.717) is 10.6 Å². The maximum absolute atomic E-state index is 10.2. The zero-order chi connectivity index (χ0) is 22.6. The van der Waals surface area contributed by atoms with Crippen LogP contribution in [0.3, 0.4) is 0 Å². The fourth-order valence-electron chi connectivity index (χ4n) is 4.96. The monoisotopic (exact) mass is 435 g/mol. The molecule has 2 N–H and O–H groups in total. The summed E-state index contributed by atoms with van der Waals surface area (Å²) in [6, 6.07) is 0. The topological polar surface area (TPSA) is 32.3 Å². The van der Waals surface area contributed by atoms with E-state index in [-0.39, 0.29) is 6.23 Å². The van der Waals surface area contributed by atoms with Crippen LogP contribution in [0.5, 0.6) is 0 Å². The van der Waals surface area contributed by atoms with Crippen LogP contribution in [0.15, 0.2) is 24.6 Å². The molecule has 0 aliphatic carbocycles. The van der Waals surface area contributed by atoms with Crippen LogP contribution in [0.4, 0.5) is 0 Å². The van der Waals surface area contributed by atoms with Crippen molar-refractivity contribution in [3.63, 3.8) is 0 Å². The lowest BCUT2D eigenvalue weighted by atomic mass is 10.0. The highest BCUT2D eigenvalue weighted by Gasteiger charge is 2.40. The molecule has 0 amide bonds. The van der Waals surface area contributed by atoms with E-state index in [1.54, 1.807) is 0 Å². The van der Waals surface area contributed by atoms with Crippen LogP contribution in [0, 0.1) is 0 Å². The molecule has 1 heterocycles. The predicted octanol–water partition coefficient (Wildman–Crippen LogP) is 8.16. The van der Waals surface area contributed by atoms with E-state index < -0.39 is 0 Å². The minimum absolute atomic E-state index is 0.306. The normalized spacial score (nSPS) is 21.7. The molecule has 0 saturated heterocycles. The molecule has 0 aromatic carbocycles. The molecule has 0 radical (unpaired) electrons. The van der Waals surface area contributed by atoms with E-state index in [0.717, 1.165) is 19.4 Å². The standard InChI is InChI=1S/C28H55N2O/c1-4-6-7-8-9-10-11-12-13-14-15-16-17-18-19-20-21-22-23-24-28-29-25-26-30(28,5-2)27(3)31/h21-22,25-29,31H,4-20,23-24H2,1-3H3/q+1/b22-21+. The number of allylic oxidation sites excluding steroid dienone is 2. The largest absolute Gasteiger partial charge is 0.345 e. The number of unbranched alkanes of at least 4 members (excludes halogenated alkanes) is 15. The highest BCUT2D eigenvalue weighted by atomic mass is 16.3. The minimum Gasteiger partial charge on any atom is -0.345 e. The van der Waals surface area contributed by atoms with Gasteiger partial charge in [0.1, 0.15) is 6.20 Å². The molecule has 0 aromatic heterocycles. The number of quaternary nitrogens is 1. The second-order valence-corrected chi connectivity index (χ2v) is 9.73. The van der Waals surface area contributed by atoms with Crippen LogP contribution in [0.25, 0.3) is 0 Å². The molecule has 1 aliphatic rings. The third-order valence-corrected chi connectivity index (χ3v) is 7.21. The molecule has 3 atom stereocenters. The molecule has 3 unspecified atom stereocenters. The number of rotatable bonds is 21. The molecule has 0 spiro atoms. The Hall–Kier alpha value is -0.800. The molecule has 3 nitrogen and oxygen atoms in total. The second-order valence-electron chi connectivity index (χ2n) is 9.73. The van der Waals surface area contributed by atoms with Crippen LogP contribution in [0.1, 0.15) is 136 Å². The van der Waals surface area contributed by atoms with E-state index in [4.69, 9.17) is 0 Å².